The zero-order valence-electron chi connectivity index (χ0n) is 7.01. The molecule has 0 N–H and O–H groups in total. The summed E-state index contributed by atoms with van der Waals surface area (Å²) < 4.78 is 1.94. The summed E-state index contributed by atoms with van der Waals surface area (Å²) in [5.74, 6) is 0. The second kappa shape index (κ2) is 3.58. The van der Waals surface area contributed by atoms with Crippen molar-refractivity contribution in [3.05, 3.63) is 46.4 Å². The van der Waals surface area contributed by atoms with Gasteiger partial charge in [-0.05, 0) is 34.5 Å². The predicted octanol–water partition coefficient (Wildman–Crippen LogP) is 2.41. The molecule has 66 valence electrons. The molecule has 0 aliphatic rings. The second-order valence-electron chi connectivity index (χ2n) is 2.81. The Labute approximate surface area is 80.4 Å². The van der Waals surface area contributed by atoms with E-state index in [9.17, 15) is 4.79 Å². The smallest absolute Gasteiger partial charge is 0.166 e. The molecule has 0 unspecified atom stereocenters. The first-order valence-corrected chi connectivity index (χ1v) is 4.96. The first-order valence-electron chi connectivity index (χ1n) is 4.01. The number of nitrogens with zero attached hydrogens (tertiary/aromatic N) is 1. The lowest BCUT2D eigenvalue weighted by molar-refractivity contribution is 0.111. The van der Waals surface area contributed by atoms with Gasteiger partial charge in [-0.1, -0.05) is 0 Å². The van der Waals surface area contributed by atoms with E-state index in [1.165, 1.54) is 5.56 Å². The molecule has 3 heteroatoms. The number of aromatic nitrogens is 1. The van der Waals surface area contributed by atoms with E-state index < -0.39 is 0 Å². The number of hydrogen-bond donors (Lipinski definition) is 0. The van der Waals surface area contributed by atoms with Crippen molar-refractivity contribution in [1.29, 1.82) is 0 Å². The molecular weight excluding hydrogens is 182 g/mol. The van der Waals surface area contributed by atoms with Gasteiger partial charge in [-0.2, -0.15) is 11.3 Å². The Kier molecular flexibility index (Phi) is 2.27. The molecule has 0 saturated carbocycles. The Morgan fingerprint density at radius 3 is 3.08 bits per heavy atom. The van der Waals surface area contributed by atoms with E-state index in [1.54, 1.807) is 11.3 Å². The summed E-state index contributed by atoms with van der Waals surface area (Å²) in [6, 6.07) is 5.77. The minimum absolute atomic E-state index is 0.728. The van der Waals surface area contributed by atoms with Crippen LogP contribution in [0.2, 0.25) is 0 Å². The van der Waals surface area contributed by atoms with E-state index in [4.69, 9.17) is 0 Å². The Morgan fingerprint density at radius 1 is 1.46 bits per heavy atom. The maximum Gasteiger partial charge on any atom is 0.166 e. The maximum atomic E-state index is 10.6. The van der Waals surface area contributed by atoms with Crippen LogP contribution in [0, 0.1) is 0 Å². The molecule has 0 radical (unpaired) electrons. The third kappa shape index (κ3) is 1.70. The lowest BCUT2D eigenvalue weighted by Crippen LogP contribution is -2.00. The normalized spacial score (nSPS) is 10.2. The molecule has 0 spiro atoms. The monoisotopic (exact) mass is 191 g/mol. The molecule has 2 heterocycles. The molecule has 0 atom stereocenters. The van der Waals surface area contributed by atoms with Crippen molar-refractivity contribution in [2.24, 2.45) is 0 Å². The standard InChI is InChI=1S/C10H9NOS/c12-7-10-2-1-4-11(10)6-9-3-5-13-8-9/h1-5,7-8H,6H2. The van der Waals surface area contributed by atoms with E-state index in [0.717, 1.165) is 18.5 Å². The molecule has 0 amide bonds. The van der Waals surface area contributed by atoms with Gasteiger partial charge >= 0.3 is 0 Å². The van der Waals surface area contributed by atoms with Crippen LogP contribution in [0.1, 0.15) is 16.1 Å². The van der Waals surface area contributed by atoms with Gasteiger partial charge in [0.15, 0.2) is 6.29 Å². The highest BCUT2D eigenvalue weighted by Crippen LogP contribution is 2.09. The SMILES string of the molecule is O=Cc1cccn1Cc1ccsc1. The second-order valence-corrected chi connectivity index (χ2v) is 3.59. The molecule has 2 aromatic heterocycles. The summed E-state index contributed by atoms with van der Waals surface area (Å²) in [5, 5.41) is 4.13. The van der Waals surface area contributed by atoms with Gasteiger partial charge in [0.2, 0.25) is 0 Å². The van der Waals surface area contributed by atoms with Gasteiger partial charge in [0.25, 0.3) is 0 Å². The van der Waals surface area contributed by atoms with E-state index in [0.29, 0.717) is 0 Å². The van der Waals surface area contributed by atoms with Crippen LogP contribution < -0.4 is 0 Å². The summed E-state index contributed by atoms with van der Waals surface area (Å²) in [6.45, 7) is 0.782. The third-order valence-corrected chi connectivity index (χ3v) is 2.65. The van der Waals surface area contributed by atoms with Crippen LogP contribution in [0.3, 0.4) is 0 Å². The van der Waals surface area contributed by atoms with E-state index in [-0.39, 0.29) is 0 Å². The zero-order chi connectivity index (χ0) is 9.10. The molecule has 0 aromatic carbocycles. The molecule has 0 bridgehead atoms. The van der Waals surface area contributed by atoms with E-state index >= 15 is 0 Å². The van der Waals surface area contributed by atoms with Crippen molar-refractivity contribution in [1.82, 2.24) is 4.57 Å². The highest BCUT2D eigenvalue weighted by molar-refractivity contribution is 7.07. The summed E-state index contributed by atoms with van der Waals surface area (Å²) >= 11 is 1.67. The van der Waals surface area contributed by atoms with Crippen molar-refractivity contribution < 1.29 is 4.79 Å². The Morgan fingerprint density at radius 2 is 2.38 bits per heavy atom. The highest BCUT2D eigenvalue weighted by Gasteiger charge is 1.99. The molecule has 2 nitrogen and oxygen atoms in total. The number of carbonyl (C=O) groups is 1. The molecule has 2 rings (SSSR count). The molecule has 0 saturated heterocycles. The Balaban J connectivity index is 2.23. The van der Waals surface area contributed by atoms with Crippen LogP contribution in [0.15, 0.2) is 35.2 Å². The van der Waals surface area contributed by atoms with Crippen molar-refractivity contribution in [3.63, 3.8) is 0 Å². The summed E-state index contributed by atoms with van der Waals surface area (Å²) in [6.07, 6.45) is 2.80. The van der Waals surface area contributed by atoms with Gasteiger partial charge < -0.3 is 4.57 Å². The first-order chi connectivity index (χ1) is 6.40. The van der Waals surface area contributed by atoms with Gasteiger partial charge in [-0.15, -0.1) is 0 Å². The number of aldehydes is 1. The fourth-order valence-corrected chi connectivity index (χ4v) is 1.92. The summed E-state index contributed by atoms with van der Waals surface area (Å²) in [5.41, 5.74) is 1.97. The van der Waals surface area contributed by atoms with Gasteiger partial charge in [-0.3, -0.25) is 4.79 Å². The van der Waals surface area contributed by atoms with Crippen molar-refractivity contribution in [2.45, 2.75) is 6.54 Å². The topological polar surface area (TPSA) is 22.0 Å². The largest absolute Gasteiger partial charge is 0.341 e. The number of carbonyl (C=O) groups excluding carboxylic acids is 1. The van der Waals surface area contributed by atoms with Crippen LogP contribution in [-0.2, 0) is 6.54 Å². The lowest BCUT2D eigenvalue weighted by atomic mass is 10.3. The van der Waals surface area contributed by atoms with E-state index in [2.05, 4.69) is 11.4 Å². The van der Waals surface area contributed by atoms with E-state index in [1.807, 2.05) is 28.3 Å². The fraction of sp³-hybridized carbons (Fsp3) is 0.100. The first kappa shape index (κ1) is 8.26. The average molecular weight is 191 g/mol. The van der Waals surface area contributed by atoms with Gasteiger partial charge in [0.05, 0.1) is 5.69 Å². The predicted molar refractivity (Wildman–Crippen MR) is 53.2 cm³/mol. The molecule has 2 aromatic rings. The fourth-order valence-electron chi connectivity index (χ4n) is 1.26. The number of thiophene rings is 1. The van der Waals surface area contributed by atoms with Crippen LogP contribution in [0.5, 0.6) is 0 Å². The van der Waals surface area contributed by atoms with Crippen molar-refractivity contribution in [3.8, 4) is 0 Å². The van der Waals surface area contributed by atoms with Crippen molar-refractivity contribution in [2.75, 3.05) is 0 Å². The molecular formula is C10H9NOS. The molecule has 0 fully saturated rings. The maximum absolute atomic E-state index is 10.6. The number of rotatable bonds is 3. The minimum atomic E-state index is 0.728. The third-order valence-electron chi connectivity index (χ3n) is 1.92. The Hall–Kier alpha value is -1.35. The van der Waals surface area contributed by atoms with Crippen LogP contribution >= 0.6 is 11.3 Å². The van der Waals surface area contributed by atoms with Gasteiger partial charge in [0, 0.05) is 12.7 Å². The van der Waals surface area contributed by atoms with Gasteiger partial charge in [-0.25, -0.2) is 0 Å². The zero-order valence-corrected chi connectivity index (χ0v) is 7.83. The van der Waals surface area contributed by atoms with Crippen LogP contribution in [-0.4, -0.2) is 10.9 Å². The highest BCUT2D eigenvalue weighted by atomic mass is 32.1. The molecule has 0 aliphatic heterocycles. The van der Waals surface area contributed by atoms with Gasteiger partial charge in [0.1, 0.15) is 0 Å². The molecule has 13 heavy (non-hydrogen) atoms. The van der Waals surface area contributed by atoms with Crippen LogP contribution in [0.4, 0.5) is 0 Å². The summed E-state index contributed by atoms with van der Waals surface area (Å²) in [4.78, 5) is 10.6. The summed E-state index contributed by atoms with van der Waals surface area (Å²) in [7, 11) is 0. The van der Waals surface area contributed by atoms with Crippen molar-refractivity contribution >= 4 is 17.6 Å². The Bertz CT molecular complexity index is 389. The number of hydrogen-bond acceptors (Lipinski definition) is 2. The average Bonchev–Trinajstić information content (AvgIpc) is 2.76. The lowest BCUT2D eigenvalue weighted by Gasteiger charge is -2.02. The van der Waals surface area contributed by atoms with Crippen LogP contribution in [0.25, 0.3) is 0 Å². The quantitative estimate of drug-likeness (QED) is 0.683. The molecule has 0 aliphatic carbocycles. The minimum Gasteiger partial charge on any atom is -0.341 e.